The normalized spacial score (nSPS) is 10.6. The number of para-hydroxylation sites is 1. The van der Waals surface area contributed by atoms with Crippen molar-refractivity contribution < 1.29 is 9.53 Å². The number of thioether (sulfide) groups is 1. The summed E-state index contributed by atoms with van der Waals surface area (Å²) in [4.78, 5) is 13.5. The summed E-state index contributed by atoms with van der Waals surface area (Å²) in [6.07, 6.45) is 0.745. The van der Waals surface area contributed by atoms with E-state index in [1.165, 1.54) is 0 Å². The molecule has 0 saturated carbocycles. The topological polar surface area (TPSA) is 38.3 Å². The van der Waals surface area contributed by atoms with Crippen molar-refractivity contribution in [2.45, 2.75) is 30.4 Å². The highest BCUT2D eigenvalue weighted by Crippen LogP contribution is 2.26. The zero-order chi connectivity index (χ0) is 16.7. The number of ether oxygens (including phenoxy) is 1. The van der Waals surface area contributed by atoms with Gasteiger partial charge in [-0.05, 0) is 30.2 Å². The largest absolute Gasteiger partial charge is 0.496 e. The Labute approximate surface area is 142 Å². The summed E-state index contributed by atoms with van der Waals surface area (Å²) in [6, 6.07) is 15.6. The van der Waals surface area contributed by atoms with Crippen LogP contribution in [0.1, 0.15) is 29.8 Å². The second-order valence-electron chi connectivity index (χ2n) is 5.48. The average Bonchev–Trinajstić information content (AvgIpc) is 2.55. The molecule has 0 aliphatic heterocycles. The Bertz CT molecular complexity index is 655. The standard InChI is InChI=1S/C19H23NO2S/c1-14(2)23-18-11-7-5-9-16(18)19(21)20-13-12-15-8-4-6-10-17(15)22-3/h4-11,14H,12-13H2,1-3H3,(H,20,21). The number of carbonyl (C=O) groups excluding carboxylic acids is 1. The molecular formula is C19H23NO2S. The van der Waals surface area contributed by atoms with Crippen LogP contribution in [0.3, 0.4) is 0 Å². The van der Waals surface area contributed by atoms with Crippen LogP contribution in [0.5, 0.6) is 5.75 Å². The number of methoxy groups -OCH3 is 1. The Morgan fingerprint density at radius 1 is 1.13 bits per heavy atom. The van der Waals surface area contributed by atoms with Gasteiger partial charge in [-0.15, -0.1) is 11.8 Å². The lowest BCUT2D eigenvalue weighted by atomic mass is 10.1. The molecule has 0 spiro atoms. The van der Waals surface area contributed by atoms with Gasteiger partial charge in [0.1, 0.15) is 5.75 Å². The Morgan fingerprint density at radius 3 is 2.57 bits per heavy atom. The van der Waals surface area contributed by atoms with Crippen LogP contribution >= 0.6 is 11.8 Å². The van der Waals surface area contributed by atoms with Gasteiger partial charge in [0.2, 0.25) is 0 Å². The van der Waals surface area contributed by atoms with E-state index in [9.17, 15) is 4.79 Å². The van der Waals surface area contributed by atoms with Crippen LogP contribution < -0.4 is 10.1 Å². The lowest BCUT2D eigenvalue weighted by molar-refractivity contribution is 0.0951. The summed E-state index contributed by atoms with van der Waals surface area (Å²) in [6.45, 7) is 4.84. The van der Waals surface area contributed by atoms with Crippen LogP contribution in [0.2, 0.25) is 0 Å². The van der Waals surface area contributed by atoms with Crippen molar-refractivity contribution in [3.8, 4) is 5.75 Å². The number of hydrogen-bond donors (Lipinski definition) is 1. The predicted octanol–water partition coefficient (Wildman–Crippen LogP) is 4.17. The molecule has 0 fully saturated rings. The molecule has 0 aromatic heterocycles. The molecule has 0 bridgehead atoms. The molecule has 0 radical (unpaired) electrons. The maximum atomic E-state index is 12.4. The molecule has 0 saturated heterocycles. The quantitative estimate of drug-likeness (QED) is 0.775. The fourth-order valence-corrected chi connectivity index (χ4v) is 3.28. The second-order valence-corrected chi connectivity index (χ2v) is 7.10. The third kappa shape index (κ3) is 5.03. The fraction of sp³-hybridized carbons (Fsp3) is 0.316. The maximum Gasteiger partial charge on any atom is 0.252 e. The molecule has 4 heteroatoms. The van der Waals surface area contributed by atoms with Gasteiger partial charge in [-0.2, -0.15) is 0 Å². The molecule has 2 aromatic carbocycles. The molecular weight excluding hydrogens is 306 g/mol. The van der Waals surface area contributed by atoms with Crippen molar-refractivity contribution in [2.75, 3.05) is 13.7 Å². The Morgan fingerprint density at radius 2 is 1.83 bits per heavy atom. The van der Waals surface area contributed by atoms with E-state index >= 15 is 0 Å². The smallest absolute Gasteiger partial charge is 0.252 e. The zero-order valence-corrected chi connectivity index (χ0v) is 14.7. The third-order valence-corrected chi connectivity index (χ3v) is 4.45. The first-order valence-electron chi connectivity index (χ1n) is 7.77. The number of hydrogen-bond acceptors (Lipinski definition) is 3. The second kappa shape index (κ2) is 8.63. The van der Waals surface area contributed by atoms with Gasteiger partial charge in [-0.3, -0.25) is 4.79 Å². The average molecular weight is 329 g/mol. The van der Waals surface area contributed by atoms with Gasteiger partial charge in [-0.1, -0.05) is 44.2 Å². The summed E-state index contributed by atoms with van der Waals surface area (Å²) in [5.74, 6) is 0.834. The molecule has 0 atom stereocenters. The molecule has 122 valence electrons. The Kier molecular flexibility index (Phi) is 6.53. The van der Waals surface area contributed by atoms with Crippen molar-refractivity contribution in [1.29, 1.82) is 0 Å². The molecule has 23 heavy (non-hydrogen) atoms. The van der Waals surface area contributed by atoms with Gasteiger partial charge in [0.15, 0.2) is 0 Å². The monoisotopic (exact) mass is 329 g/mol. The molecule has 0 heterocycles. The van der Waals surface area contributed by atoms with E-state index in [1.807, 2.05) is 48.5 Å². The lowest BCUT2D eigenvalue weighted by Crippen LogP contribution is -2.26. The molecule has 2 rings (SSSR count). The number of rotatable bonds is 7. The van der Waals surface area contributed by atoms with Crippen LogP contribution in [0.4, 0.5) is 0 Å². The van der Waals surface area contributed by atoms with Gasteiger partial charge in [0.25, 0.3) is 5.91 Å². The summed E-state index contributed by atoms with van der Waals surface area (Å²) < 4.78 is 5.33. The lowest BCUT2D eigenvalue weighted by Gasteiger charge is -2.12. The van der Waals surface area contributed by atoms with Crippen LogP contribution in [0.25, 0.3) is 0 Å². The minimum absolute atomic E-state index is 0.0244. The zero-order valence-electron chi connectivity index (χ0n) is 13.8. The summed E-state index contributed by atoms with van der Waals surface area (Å²) >= 11 is 1.71. The van der Waals surface area contributed by atoms with Gasteiger partial charge in [0, 0.05) is 16.7 Å². The molecule has 1 amide bonds. The van der Waals surface area contributed by atoms with Crippen LogP contribution in [0, 0.1) is 0 Å². The number of nitrogens with one attached hydrogen (secondary N) is 1. The van der Waals surface area contributed by atoms with E-state index in [0.29, 0.717) is 11.8 Å². The highest BCUT2D eigenvalue weighted by molar-refractivity contribution is 8.00. The summed E-state index contributed by atoms with van der Waals surface area (Å²) in [5, 5.41) is 3.45. The fourth-order valence-electron chi connectivity index (χ4n) is 2.33. The molecule has 1 N–H and O–H groups in total. The predicted molar refractivity (Wildman–Crippen MR) is 96.5 cm³/mol. The molecule has 0 aliphatic carbocycles. The van der Waals surface area contributed by atoms with E-state index in [-0.39, 0.29) is 5.91 Å². The van der Waals surface area contributed by atoms with E-state index in [1.54, 1.807) is 18.9 Å². The first kappa shape index (κ1) is 17.4. The molecule has 0 aliphatic rings. The van der Waals surface area contributed by atoms with Crippen LogP contribution in [-0.2, 0) is 6.42 Å². The van der Waals surface area contributed by atoms with Gasteiger partial charge < -0.3 is 10.1 Å². The number of carbonyl (C=O) groups is 1. The summed E-state index contributed by atoms with van der Waals surface area (Å²) in [7, 11) is 1.66. The summed E-state index contributed by atoms with van der Waals surface area (Å²) in [5.41, 5.74) is 1.84. The number of amides is 1. The SMILES string of the molecule is COc1ccccc1CCNC(=O)c1ccccc1SC(C)C. The highest BCUT2D eigenvalue weighted by Gasteiger charge is 2.12. The Hall–Kier alpha value is -1.94. The minimum Gasteiger partial charge on any atom is -0.496 e. The van der Waals surface area contributed by atoms with Crippen molar-refractivity contribution in [2.24, 2.45) is 0 Å². The van der Waals surface area contributed by atoms with Crippen molar-refractivity contribution in [3.63, 3.8) is 0 Å². The first-order chi connectivity index (χ1) is 11.1. The van der Waals surface area contributed by atoms with Gasteiger partial charge in [-0.25, -0.2) is 0 Å². The highest BCUT2D eigenvalue weighted by atomic mass is 32.2. The van der Waals surface area contributed by atoms with Crippen molar-refractivity contribution in [3.05, 3.63) is 59.7 Å². The van der Waals surface area contributed by atoms with Crippen molar-refractivity contribution in [1.82, 2.24) is 5.32 Å². The minimum atomic E-state index is -0.0244. The van der Waals surface area contributed by atoms with Gasteiger partial charge >= 0.3 is 0 Å². The molecule has 0 unspecified atom stereocenters. The third-order valence-electron chi connectivity index (χ3n) is 3.37. The molecule has 2 aromatic rings. The van der Waals surface area contributed by atoms with Crippen LogP contribution in [0.15, 0.2) is 53.4 Å². The first-order valence-corrected chi connectivity index (χ1v) is 8.65. The van der Waals surface area contributed by atoms with Crippen LogP contribution in [-0.4, -0.2) is 24.8 Å². The number of benzene rings is 2. The molecule has 3 nitrogen and oxygen atoms in total. The van der Waals surface area contributed by atoms with E-state index in [4.69, 9.17) is 4.74 Å². The van der Waals surface area contributed by atoms with Gasteiger partial charge in [0.05, 0.1) is 12.7 Å². The Balaban J connectivity index is 1.98. The van der Waals surface area contributed by atoms with Crippen molar-refractivity contribution >= 4 is 17.7 Å². The maximum absolute atomic E-state index is 12.4. The van der Waals surface area contributed by atoms with E-state index < -0.39 is 0 Å². The van der Waals surface area contributed by atoms with E-state index in [0.717, 1.165) is 28.2 Å². The van der Waals surface area contributed by atoms with E-state index in [2.05, 4.69) is 19.2 Å².